The zero-order valence-corrected chi connectivity index (χ0v) is 22.3. The van der Waals surface area contributed by atoms with Gasteiger partial charge in [-0.05, 0) is 48.7 Å². The first-order valence-electron chi connectivity index (χ1n) is 10.7. The van der Waals surface area contributed by atoms with E-state index in [9.17, 15) is 18.0 Å². The summed E-state index contributed by atoms with van der Waals surface area (Å²) in [4.78, 5) is 27.8. The molecule has 7 nitrogen and oxygen atoms in total. The molecule has 0 radical (unpaired) electrons. The molecule has 34 heavy (non-hydrogen) atoms. The smallest absolute Gasteiger partial charge is 0.244 e. The Morgan fingerprint density at radius 2 is 1.62 bits per heavy atom. The van der Waals surface area contributed by atoms with Gasteiger partial charge in [-0.15, -0.1) is 0 Å². The van der Waals surface area contributed by atoms with Gasteiger partial charge in [0.25, 0.3) is 0 Å². The van der Waals surface area contributed by atoms with Gasteiger partial charge in [-0.25, -0.2) is 8.42 Å². The van der Waals surface area contributed by atoms with Gasteiger partial charge < -0.3 is 10.2 Å². The minimum atomic E-state index is -3.89. The molecule has 2 amide bonds. The number of hydrogen-bond acceptors (Lipinski definition) is 4. The Bertz CT molecular complexity index is 1110. The Labute approximate surface area is 216 Å². The second-order valence-electron chi connectivity index (χ2n) is 7.73. The van der Waals surface area contributed by atoms with Gasteiger partial charge >= 0.3 is 0 Å². The highest BCUT2D eigenvalue weighted by atomic mass is 35.5. The SMILES string of the molecule is CCCNC(=O)[C@@H](CC)N(Cc1ccc(Cl)cc1)C(=O)CN(c1ccc(Cl)cc1Cl)S(C)(=O)=O. The second kappa shape index (κ2) is 12.6. The second-order valence-corrected chi connectivity index (χ2v) is 10.9. The quantitative estimate of drug-likeness (QED) is 0.439. The van der Waals surface area contributed by atoms with Crippen molar-refractivity contribution in [3.8, 4) is 0 Å². The lowest BCUT2D eigenvalue weighted by atomic mass is 10.1. The topological polar surface area (TPSA) is 86.8 Å². The van der Waals surface area contributed by atoms with Crippen molar-refractivity contribution in [2.24, 2.45) is 0 Å². The molecule has 0 aliphatic rings. The third-order valence-electron chi connectivity index (χ3n) is 5.06. The van der Waals surface area contributed by atoms with Crippen LogP contribution in [0.4, 0.5) is 5.69 Å². The normalized spacial score (nSPS) is 12.2. The average molecular weight is 549 g/mol. The molecule has 0 unspecified atom stereocenters. The number of rotatable bonds is 11. The Morgan fingerprint density at radius 3 is 2.15 bits per heavy atom. The van der Waals surface area contributed by atoms with Crippen LogP contribution in [-0.4, -0.2) is 50.5 Å². The summed E-state index contributed by atoms with van der Waals surface area (Å²) in [5.74, 6) is -0.855. The van der Waals surface area contributed by atoms with Crippen molar-refractivity contribution in [3.05, 3.63) is 63.1 Å². The van der Waals surface area contributed by atoms with Crippen molar-refractivity contribution < 1.29 is 18.0 Å². The van der Waals surface area contributed by atoms with Gasteiger partial charge in [0, 0.05) is 23.1 Å². The summed E-state index contributed by atoms with van der Waals surface area (Å²) in [6.45, 7) is 3.75. The lowest BCUT2D eigenvalue weighted by Crippen LogP contribution is -2.52. The molecule has 0 spiro atoms. The van der Waals surface area contributed by atoms with Crippen LogP contribution in [0.2, 0.25) is 15.1 Å². The highest BCUT2D eigenvalue weighted by Crippen LogP contribution is 2.30. The summed E-state index contributed by atoms with van der Waals surface area (Å²) in [7, 11) is -3.89. The predicted molar refractivity (Wildman–Crippen MR) is 138 cm³/mol. The summed E-state index contributed by atoms with van der Waals surface area (Å²) in [5.41, 5.74) is 0.867. The van der Waals surface area contributed by atoms with E-state index in [0.717, 1.165) is 22.5 Å². The molecular weight excluding hydrogens is 521 g/mol. The number of nitrogens with zero attached hydrogens (tertiary/aromatic N) is 2. The summed E-state index contributed by atoms with van der Waals surface area (Å²) in [6.07, 6.45) is 2.07. The number of nitrogens with one attached hydrogen (secondary N) is 1. The molecule has 1 N–H and O–H groups in total. The Morgan fingerprint density at radius 1 is 1.00 bits per heavy atom. The molecule has 0 heterocycles. The van der Waals surface area contributed by atoms with Gasteiger partial charge in [0.15, 0.2) is 0 Å². The zero-order valence-electron chi connectivity index (χ0n) is 19.2. The first-order valence-corrected chi connectivity index (χ1v) is 13.7. The van der Waals surface area contributed by atoms with Crippen molar-refractivity contribution in [2.45, 2.75) is 39.3 Å². The van der Waals surface area contributed by atoms with Crippen LogP contribution in [-0.2, 0) is 26.2 Å². The number of hydrogen-bond donors (Lipinski definition) is 1. The van der Waals surface area contributed by atoms with Crippen molar-refractivity contribution in [1.82, 2.24) is 10.2 Å². The Kier molecular flexibility index (Phi) is 10.5. The predicted octanol–water partition coefficient (Wildman–Crippen LogP) is 4.75. The summed E-state index contributed by atoms with van der Waals surface area (Å²) in [5, 5.41) is 3.78. The van der Waals surface area contributed by atoms with E-state index in [-0.39, 0.29) is 23.2 Å². The molecule has 2 aromatic carbocycles. The van der Waals surface area contributed by atoms with Gasteiger partial charge in [-0.2, -0.15) is 0 Å². The molecule has 1 atom stereocenters. The molecule has 2 rings (SSSR count). The van der Waals surface area contributed by atoms with Crippen LogP contribution < -0.4 is 9.62 Å². The monoisotopic (exact) mass is 547 g/mol. The van der Waals surface area contributed by atoms with Crippen molar-refractivity contribution in [1.29, 1.82) is 0 Å². The molecule has 0 aliphatic carbocycles. The number of carbonyl (C=O) groups excluding carboxylic acids is 2. The van der Waals surface area contributed by atoms with Crippen molar-refractivity contribution in [3.63, 3.8) is 0 Å². The van der Waals surface area contributed by atoms with Crippen LogP contribution >= 0.6 is 34.8 Å². The number of benzene rings is 2. The highest BCUT2D eigenvalue weighted by Gasteiger charge is 2.32. The number of halogens is 3. The van der Waals surface area contributed by atoms with E-state index in [4.69, 9.17) is 34.8 Å². The average Bonchev–Trinajstić information content (AvgIpc) is 2.76. The first kappa shape index (κ1) is 28.2. The van der Waals surface area contributed by atoms with Crippen LogP contribution in [0.25, 0.3) is 0 Å². The number of sulfonamides is 1. The molecule has 0 saturated carbocycles. The lowest BCUT2D eigenvalue weighted by Gasteiger charge is -2.33. The summed E-state index contributed by atoms with van der Waals surface area (Å²) < 4.78 is 26.1. The van der Waals surface area contributed by atoms with Crippen molar-refractivity contribution in [2.75, 3.05) is 23.7 Å². The van der Waals surface area contributed by atoms with Crippen molar-refractivity contribution >= 4 is 62.3 Å². The molecule has 0 saturated heterocycles. The molecule has 0 bridgehead atoms. The number of amides is 2. The van der Waals surface area contributed by atoms with Crippen LogP contribution in [0.15, 0.2) is 42.5 Å². The van der Waals surface area contributed by atoms with Crippen LogP contribution in [0, 0.1) is 0 Å². The fourth-order valence-corrected chi connectivity index (χ4v) is 4.90. The van der Waals surface area contributed by atoms with Crippen LogP contribution in [0.5, 0.6) is 0 Å². The fraction of sp³-hybridized carbons (Fsp3) is 0.391. The molecule has 2 aromatic rings. The maximum Gasteiger partial charge on any atom is 0.244 e. The molecular formula is C23H28Cl3N3O4S. The molecule has 0 aliphatic heterocycles. The van der Waals surface area contributed by atoms with E-state index < -0.39 is 28.5 Å². The number of anilines is 1. The largest absolute Gasteiger partial charge is 0.354 e. The van der Waals surface area contributed by atoms with Crippen LogP contribution in [0.3, 0.4) is 0 Å². The standard InChI is InChI=1S/C23H28Cl3N3O4S/c1-4-12-27-23(31)20(5-2)28(14-16-6-8-17(24)9-7-16)22(30)15-29(34(3,32)33)21-11-10-18(25)13-19(21)26/h6-11,13,20H,4-5,12,14-15H2,1-3H3,(H,27,31)/t20-/m1/s1. The summed E-state index contributed by atoms with van der Waals surface area (Å²) in [6, 6.07) is 10.4. The maximum absolute atomic E-state index is 13.5. The van der Waals surface area contributed by atoms with Crippen LogP contribution in [0.1, 0.15) is 32.3 Å². The third kappa shape index (κ3) is 7.77. The molecule has 0 fully saturated rings. The Hall–Kier alpha value is -2.00. The van der Waals surface area contributed by atoms with Gasteiger partial charge in [0.2, 0.25) is 21.8 Å². The van der Waals surface area contributed by atoms with Gasteiger partial charge in [-0.3, -0.25) is 13.9 Å². The highest BCUT2D eigenvalue weighted by molar-refractivity contribution is 7.92. The molecule has 0 aromatic heterocycles. The fourth-order valence-electron chi connectivity index (χ4n) is 3.35. The van der Waals surface area contributed by atoms with Gasteiger partial charge in [0.05, 0.1) is 17.0 Å². The summed E-state index contributed by atoms with van der Waals surface area (Å²) >= 11 is 18.2. The lowest BCUT2D eigenvalue weighted by molar-refractivity contribution is -0.140. The zero-order chi connectivity index (χ0) is 25.5. The van der Waals surface area contributed by atoms with E-state index in [2.05, 4.69) is 5.32 Å². The Balaban J connectivity index is 2.44. The minimum absolute atomic E-state index is 0.0858. The van der Waals surface area contributed by atoms with Gasteiger partial charge in [-0.1, -0.05) is 60.8 Å². The van der Waals surface area contributed by atoms with E-state index in [1.807, 2.05) is 6.92 Å². The number of carbonyl (C=O) groups is 2. The van der Waals surface area contributed by atoms with E-state index in [1.165, 1.54) is 23.1 Å². The maximum atomic E-state index is 13.5. The molecule has 11 heteroatoms. The van der Waals surface area contributed by atoms with E-state index in [1.54, 1.807) is 31.2 Å². The molecule has 186 valence electrons. The first-order chi connectivity index (χ1) is 16.0. The third-order valence-corrected chi connectivity index (χ3v) is 6.98. The minimum Gasteiger partial charge on any atom is -0.354 e. The van der Waals surface area contributed by atoms with E-state index >= 15 is 0 Å². The van der Waals surface area contributed by atoms with E-state index in [0.29, 0.717) is 23.0 Å². The van der Waals surface area contributed by atoms with Gasteiger partial charge in [0.1, 0.15) is 12.6 Å².